The fourth-order valence-electron chi connectivity index (χ4n) is 5.33. The van der Waals surface area contributed by atoms with Crippen LogP contribution < -0.4 is 15.4 Å². The van der Waals surface area contributed by atoms with E-state index in [9.17, 15) is 18.0 Å². The number of carbonyl (C=O) groups excluding carboxylic acids is 1. The fourth-order valence-corrected chi connectivity index (χ4v) is 5.33. The number of para-hydroxylation sites is 1. The van der Waals surface area contributed by atoms with Gasteiger partial charge in [-0.25, -0.2) is 9.97 Å². The number of alkyl halides is 3. The third-order valence-electron chi connectivity index (χ3n) is 7.60. The molecule has 3 N–H and O–H groups in total. The molecule has 4 aromatic heterocycles. The van der Waals surface area contributed by atoms with Gasteiger partial charge in [0, 0.05) is 68.4 Å². The van der Waals surface area contributed by atoms with Gasteiger partial charge in [-0.15, -0.1) is 5.10 Å². The number of carbonyl (C=O) groups is 1. The highest BCUT2D eigenvalue weighted by Gasteiger charge is 2.36. The topological polar surface area (TPSA) is 131 Å². The molecule has 1 atom stereocenters. The predicted octanol–water partition coefficient (Wildman–Crippen LogP) is 4.56. The van der Waals surface area contributed by atoms with Gasteiger partial charge in [-0.3, -0.25) is 19.1 Å². The molecule has 6 rings (SSSR count). The molecule has 0 saturated carbocycles. The first-order chi connectivity index (χ1) is 20.9. The lowest BCUT2D eigenvalue weighted by atomic mass is 10.1. The first kappa shape index (κ1) is 29.2. The molecule has 1 unspecified atom stereocenters. The summed E-state index contributed by atoms with van der Waals surface area (Å²) >= 11 is 0. The number of ether oxygens (including phenoxy) is 1. The molecule has 1 aromatic carbocycles. The smallest absolute Gasteiger partial charge is 0.433 e. The van der Waals surface area contributed by atoms with Crippen LogP contribution in [0, 0.1) is 13.8 Å². The number of hydrogen-bond acceptors (Lipinski definition) is 8. The summed E-state index contributed by atoms with van der Waals surface area (Å²) in [6.07, 6.45) is -0.713. The normalized spacial score (nSPS) is 15.7. The van der Waals surface area contributed by atoms with Crippen LogP contribution in [0.3, 0.4) is 0 Å². The predicted molar refractivity (Wildman–Crippen MR) is 158 cm³/mol. The number of aryl methyl sites for hydroxylation is 4. The number of H-pyrrole nitrogens is 1. The average Bonchev–Trinajstić information content (AvgIpc) is 3.73. The molecule has 1 fully saturated rings. The summed E-state index contributed by atoms with van der Waals surface area (Å²) in [4.78, 5) is 27.4. The van der Waals surface area contributed by atoms with E-state index in [2.05, 4.69) is 30.8 Å². The second-order valence-electron chi connectivity index (χ2n) is 10.9. The van der Waals surface area contributed by atoms with Crippen LogP contribution >= 0.6 is 0 Å². The highest BCUT2D eigenvalue weighted by molar-refractivity contribution is 6.06. The summed E-state index contributed by atoms with van der Waals surface area (Å²) in [7, 11) is 3.09. The van der Waals surface area contributed by atoms with E-state index in [0.717, 1.165) is 44.2 Å². The minimum Gasteiger partial charge on any atom is -0.472 e. The minimum absolute atomic E-state index is 0.0843. The maximum Gasteiger partial charge on any atom is 0.433 e. The Hall–Kier alpha value is -4.92. The van der Waals surface area contributed by atoms with Gasteiger partial charge in [0.1, 0.15) is 11.8 Å². The van der Waals surface area contributed by atoms with Gasteiger partial charge in [0.15, 0.2) is 5.82 Å². The molecule has 0 spiro atoms. The van der Waals surface area contributed by atoms with Crippen molar-refractivity contribution in [3.63, 3.8) is 0 Å². The van der Waals surface area contributed by atoms with Crippen molar-refractivity contribution >= 4 is 34.3 Å². The van der Waals surface area contributed by atoms with Crippen molar-refractivity contribution in [3.8, 4) is 17.1 Å². The zero-order valence-electron chi connectivity index (χ0n) is 24.5. The number of anilines is 3. The van der Waals surface area contributed by atoms with E-state index in [4.69, 9.17) is 9.72 Å². The van der Waals surface area contributed by atoms with Crippen molar-refractivity contribution < 1.29 is 22.7 Å². The Morgan fingerprint density at radius 1 is 1.16 bits per heavy atom. The van der Waals surface area contributed by atoms with Crippen LogP contribution in [0.1, 0.15) is 23.4 Å². The molecule has 1 saturated heterocycles. The third-order valence-corrected chi connectivity index (χ3v) is 7.60. The number of rotatable bonds is 8. The van der Waals surface area contributed by atoms with Crippen LogP contribution in [0.15, 0.2) is 42.7 Å². The largest absolute Gasteiger partial charge is 0.472 e. The summed E-state index contributed by atoms with van der Waals surface area (Å²) in [5.74, 6) is 0.757. The van der Waals surface area contributed by atoms with Crippen molar-refractivity contribution in [2.24, 2.45) is 14.1 Å². The molecule has 15 heteroatoms. The van der Waals surface area contributed by atoms with E-state index in [1.807, 2.05) is 56.3 Å². The Morgan fingerprint density at radius 2 is 1.98 bits per heavy atom. The van der Waals surface area contributed by atoms with Crippen molar-refractivity contribution in [1.29, 1.82) is 0 Å². The minimum atomic E-state index is -4.51. The summed E-state index contributed by atoms with van der Waals surface area (Å²) < 4.78 is 47.5. The molecule has 1 amide bonds. The Labute approximate surface area is 250 Å². The molecule has 5 aromatic rings. The molecule has 1 aliphatic heterocycles. The number of likely N-dealkylation sites (tertiary alicyclic amines) is 1. The number of aromatic amines is 1. The van der Waals surface area contributed by atoms with Gasteiger partial charge in [0.25, 0.3) is 0 Å². The summed E-state index contributed by atoms with van der Waals surface area (Å²) in [5, 5.41) is 15.3. The fraction of sp³-hybridized carbons (Fsp3) is 0.345. The summed E-state index contributed by atoms with van der Waals surface area (Å²) in [6, 6.07) is 8.44. The van der Waals surface area contributed by atoms with Gasteiger partial charge in [-0.05, 0) is 31.9 Å². The maximum absolute atomic E-state index is 13.1. The van der Waals surface area contributed by atoms with Gasteiger partial charge in [-0.2, -0.15) is 18.3 Å². The Morgan fingerprint density at radius 3 is 2.70 bits per heavy atom. The van der Waals surface area contributed by atoms with Crippen LogP contribution in [0.2, 0.25) is 0 Å². The van der Waals surface area contributed by atoms with E-state index < -0.39 is 11.9 Å². The number of fused-ring (bicyclic) bond motifs is 1. The highest BCUT2D eigenvalue weighted by Crippen LogP contribution is 2.34. The molecular weight excluding hydrogens is 577 g/mol. The number of aromatic nitrogens is 7. The van der Waals surface area contributed by atoms with Crippen molar-refractivity contribution in [1.82, 2.24) is 39.4 Å². The average molecular weight is 609 g/mol. The lowest BCUT2D eigenvalue weighted by Crippen LogP contribution is -2.33. The van der Waals surface area contributed by atoms with Crippen LogP contribution in [0.5, 0.6) is 5.88 Å². The number of amides is 1. The highest BCUT2D eigenvalue weighted by atomic mass is 19.4. The number of hydrogen-bond donors (Lipinski definition) is 3. The first-order valence-corrected chi connectivity index (χ1v) is 14.0. The molecule has 44 heavy (non-hydrogen) atoms. The van der Waals surface area contributed by atoms with Crippen molar-refractivity contribution in [3.05, 3.63) is 59.7 Å². The van der Waals surface area contributed by atoms with Crippen LogP contribution in [0.4, 0.5) is 30.6 Å². The zero-order valence-corrected chi connectivity index (χ0v) is 24.5. The molecule has 0 radical (unpaired) electrons. The first-order valence-electron chi connectivity index (χ1n) is 14.0. The Bertz CT molecular complexity index is 1820. The van der Waals surface area contributed by atoms with Gasteiger partial charge in [-0.1, -0.05) is 12.1 Å². The number of nitrogens with one attached hydrogen (secondary N) is 3. The van der Waals surface area contributed by atoms with E-state index in [-0.39, 0.29) is 24.4 Å². The molecule has 0 bridgehead atoms. The van der Waals surface area contributed by atoms with Crippen LogP contribution in [-0.4, -0.2) is 71.1 Å². The van der Waals surface area contributed by atoms with E-state index in [1.165, 1.54) is 7.05 Å². The van der Waals surface area contributed by atoms with Crippen LogP contribution in [-0.2, 0) is 25.1 Å². The van der Waals surface area contributed by atoms with Gasteiger partial charge in [0.05, 0.1) is 23.4 Å². The number of benzene rings is 1. The molecule has 230 valence electrons. The van der Waals surface area contributed by atoms with Crippen molar-refractivity contribution in [2.75, 3.05) is 30.3 Å². The molecule has 5 heterocycles. The Balaban J connectivity index is 1.12. The maximum atomic E-state index is 13.1. The van der Waals surface area contributed by atoms with E-state index >= 15 is 0 Å². The lowest BCUT2D eigenvalue weighted by Gasteiger charge is -2.16. The lowest BCUT2D eigenvalue weighted by molar-refractivity contribution is -0.143. The van der Waals surface area contributed by atoms with E-state index in [1.54, 1.807) is 10.9 Å². The van der Waals surface area contributed by atoms with Gasteiger partial charge < -0.3 is 20.4 Å². The molecule has 0 aliphatic carbocycles. The second-order valence-corrected chi connectivity index (χ2v) is 10.9. The summed E-state index contributed by atoms with van der Waals surface area (Å²) in [6.45, 7) is 4.96. The van der Waals surface area contributed by atoms with E-state index in [0.29, 0.717) is 37.0 Å². The third kappa shape index (κ3) is 5.95. The summed E-state index contributed by atoms with van der Waals surface area (Å²) in [5.41, 5.74) is 3.97. The zero-order chi connectivity index (χ0) is 31.2. The molecular formula is C29H31F3N10O2. The number of halogens is 3. The molecule has 12 nitrogen and oxygen atoms in total. The standard InChI is InChI=1S/C29H31F3N10O2/c1-16-12-34-28(36-23-10-17(2)40(3)38-23)37-26(16)20-13-33-27-19(20)6-5-7-21(27)35-24(43)15-42-9-8-18(14-42)44-25-11-22(29(30,31)32)41(4)39-25/h5-7,10-13,18,33H,8-9,14-15H2,1-4H3,(H,35,43)(H,34,36,37,38). The van der Waals surface area contributed by atoms with Crippen LogP contribution in [0.25, 0.3) is 22.2 Å². The van der Waals surface area contributed by atoms with Crippen molar-refractivity contribution in [2.45, 2.75) is 32.5 Å². The number of nitrogens with zero attached hydrogens (tertiary/aromatic N) is 7. The van der Waals surface area contributed by atoms with Gasteiger partial charge >= 0.3 is 6.18 Å². The molecule has 1 aliphatic rings. The quantitative estimate of drug-likeness (QED) is 0.234. The van der Waals surface area contributed by atoms with Gasteiger partial charge in [0.2, 0.25) is 17.7 Å². The second kappa shape index (κ2) is 11.3. The SMILES string of the molecule is Cc1cnc(Nc2cc(C)n(C)n2)nc1-c1c[nH]c2c(NC(=O)CN3CCC(Oc4cc(C(F)(F)F)n(C)n4)C3)cccc12. The Kier molecular flexibility index (Phi) is 7.49. The monoisotopic (exact) mass is 608 g/mol.